The van der Waals surface area contributed by atoms with Crippen molar-refractivity contribution in [1.29, 1.82) is 0 Å². The Hall–Kier alpha value is -1.96. The third-order valence-corrected chi connectivity index (χ3v) is 5.26. The summed E-state index contributed by atoms with van der Waals surface area (Å²) in [4.78, 5) is 16.4. The molecule has 1 aliphatic heterocycles. The molecule has 2 aromatic heterocycles. The molecule has 3 heterocycles. The lowest BCUT2D eigenvalue weighted by molar-refractivity contribution is 0.266. The highest BCUT2D eigenvalue weighted by atomic mass is 35.5. The van der Waals surface area contributed by atoms with Gasteiger partial charge in [-0.2, -0.15) is 0 Å². The number of hydrogen-bond acceptors (Lipinski definition) is 7. The lowest BCUT2D eigenvalue weighted by atomic mass is 10.2. The van der Waals surface area contributed by atoms with Crippen LogP contribution in [0.5, 0.6) is 0 Å². The maximum absolute atomic E-state index is 9.57. The number of fused-ring (bicyclic) bond motifs is 1. The SMILES string of the molecule is OC[C@@H]1CCCN1c1ncnc2sc(Nc3ccc(Cl)cc3)nc12. The molecular weight excluding hydrogens is 346 g/mol. The van der Waals surface area contributed by atoms with Crippen LogP contribution in [0.15, 0.2) is 30.6 Å². The molecule has 0 amide bonds. The number of aliphatic hydroxyl groups is 1. The van der Waals surface area contributed by atoms with Gasteiger partial charge in [-0.25, -0.2) is 15.0 Å². The molecule has 24 heavy (non-hydrogen) atoms. The van der Waals surface area contributed by atoms with Gasteiger partial charge in [-0.15, -0.1) is 0 Å². The molecule has 1 atom stereocenters. The normalized spacial score (nSPS) is 17.6. The summed E-state index contributed by atoms with van der Waals surface area (Å²) in [5, 5.41) is 14.3. The fourth-order valence-corrected chi connectivity index (χ4v) is 3.92. The minimum atomic E-state index is 0.109. The number of nitrogens with zero attached hydrogens (tertiary/aromatic N) is 4. The van der Waals surface area contributed by atoms with E-state index >= 15 is 0 Å². The van der Waals surface area contributed by atoms with Crippen molar-refractivity contribution in [2.75, 3.05) is 23.4 Å². The number of halogens is 1. The van der Waals surface area contributed by atoms with Crippen molar-refractivity contribution in [3.05, 3.63) is 35.6 Å². The van der Waals surface area contributed by atoms with Crippen LogP contribution < -0.4 is 10.2 Å². The maximum atomic E-state index is 9.57. The van der Waals surface area contributed by atoms with Crippen LogP contribution in [0, 0.1) is 0 Å². The molecule has 0 spiro atoms. The smallest absolute Gasteiger partial charge is 0.189 e. The van der Waals surface area contributed by atoms with E-state index in [9.17, 15) is 5.11 Å². The Kier molecular flexibility index (Phi) is 4.22. The number of aliphatic hydroxyl groups excluding tert-OH is 1. The van der Waals surface area contributed by atoms with Gasteiger partial charge in [0.2, 0.25) is 0 Å². The first-order valence-corrected chi connectivity index (χ1v) is 8.95. The monoisotopic (exact) mass is 361 g/mol. The van der Waals surface area contributed by atoms with Crippen molar-refractivity contribution < 1.29 is 5.11 Å². The summed E-state index contributed by atoms with van der Waals surface area (Å²) in [5.74, 6) is 0.803. The molecule has 3 aromatic rings. The molecule has 1 saturated heterocycles. The van der Waals surface area contributed by atoms with Crippen LogP contribution in [0.25, 0.3) is 10.3 Å². The first-order chi connectivity index (χ1) is 11.7. The molecule has 0 aliphatic carbocycles. The van der Waals surface area contributed by atoms with Gasteiger partial charge in [0.1, 0.15) is 11.8 Å². The van der Waals surface area contributed by atoms with Crippen molar-refractivity contribution in [1.82, 2.24) is 15.0 Å². The highest BCUT2D eigenvalue weighted by Gasteiger charge is 2.27. The van der Waals surface area contributed by atoms with Crippen molar-refractivity contribution in [3.63, 3.8) is 0 Å². The van der Waals surface area contributed by atoms with E-state index < -0.39 is 0 Å². The van der Waals surface area contributed by atoms with Gasteiger partial charge in [0.15, 0.2) is 15.8 Å². The van der Waals surface area contributed by atoms with Crippen LogP contribution in [0.4, 0.5) is 16.6 Å². The molecule has 1 fully saturated rings. The molecule has 2 N–H and O–H groups in total. The highest BCUT2D eigenvalue weighted by molar-refractivity contribution is 7.21. The summed E-state index contributed by atoms with van der Waals surface area (Å²) in [5.41, 5.74) is 1.70. The summed E-state index contributed by atoms with van der Waals surface area (Å²) < 4.78 is 0. The molecule has 0 unspecified atom stereocenters. The maximum Gasteiger partial charge on any atom is 0.189 e. The Morgan fingerprint density at radius 1 is 1.29 bits per heavy atom. The van der Waals surface area contributed by atoms with E-state index in [-0.39, 0.29) is 12.6 Å². The van der Waals surface area contributed by atoms with Gasteiger partial charge >= 0.3 is 0 Å². The zero-order valence-corrected chi connectivity index (χ0v) is 14.4. The molecule has 6 nitrogen and oxygen atoms in total. The second-order valence-electron chi connectivity index (χ2n) is 5.67. The predicted molar refractivity (Wildman–Crippen MR) is 97.4 cm³/mol. The summed E-state index contributed by atoms with van der Waals surface area (Å²) in [6, 6.07) is 7.58. The van der Waals surface area contributed by atoms with Crippen molar-refractivity contribution in [2.45, 2.75) is 18.9 Å². The standard InChI is InChI=1S/C16H16ClN5OS/c17-10-3-5-11(6-4-10)20-16-21-13-14(18-9-19-15(13)24-16)22-7-1-2-12(22)8-23/h3-6,9,12,23H,1-2,7-8H2,(H,20,21)/t12-/m0/s1. The number of thiazole rings is 1. The van der Waals surface area contributed by atoms with E-state index in [0.29, 0.717) is 5.02 Å². The molecule has 1 aromatic carbocycles. The van der Waals surface area contributed by atoms with Crippen molar-refractivity contribution in [3.8, 4) is 0 Å². The molecule has 0 bridgehead atoms. The average molecular weight is 362 g/mol. The third-order valence-electron chi connectivity index (χ3n) is 4.13. The third kappa shape index (κ3) is 2.90. The van der Waals surface area contributed by atoms with Crippen LogP contribution >= 0.6 is 22.9 Å². The van der Waals surface area contributed by atoms with Gasteiger partial charge < -0.3 is 15.3 Å². The Morgan fingerprint density at radius 3 is 2.92 bits per heavy atom. The van der Waals surface area contributed by atoms with Gasteiger partial charge in [-0.3, -0.25) is 0 Å². The lowest BCUT2D eigenvalue weighted by Crippen LogP contribution is -2.32. The van der Waals surface area contributed by atoms with E-state index in [1.807, 2.05) is 24.3 Å². The zero-order valence-electron chi connectivity index (χ0n) is 12.8. The topological polar surface area (TPSA) is 74.2 Å². The summed E-state index contributed by atoms with van der Waals surface area (Å²) in [6.07, 6.45) is 3.59. The van der Waals surface area contributed by atoms with Crippen LogP contribution in [-0.2, 0) is 0 Å². The summed E-state index contributed by atoms with van der Waals surface area (Å²) in [7, 11) is 0. The fourth-order valence-electron chi connectivity index (χ4n) is 2.97. The first-order valence-electron chi connectivity index (χ1n) is 7.76. The number of aromatic nitrogens is 3. The zero-order chi connectivity index (χ0) is 16.5. The largest absolute Gasteiger partial charge is 0.394 e. The van der Waals surface area contributed by atoms with Crippen LogP contribution in [0.1, 0.15) is 12.8 Å². The first kappa shape index (κ1) is 15.6. The second-order valence-corrected chi connectivity index (χ2v) is 7.09. The average Bonchev–Trinajstić information content (AvgIpc) is 3.22. The molecule has 124 valence electrons. The van der Waals surface area contributed by atoms with E-state index in [1.54, 1.807) is 6.33 Å². The van der Waals surface area contributed by atoms with E-state index in [1.165, 1.54) is 11.3 Å². The van der Waals surface area contributed by atoms with Gasteiger partial charge in [0.25, 0.3) is 0 Å². The summed E-state index contributed by atoms with van der Waals surface area (Å²) >= 11 is 7.40. The minimum Gasteiger partial charge on any atom is -0.394 e. The van der Waals surface area contributed by atoms with Crippen molar-refractivity contribution >= 4 is 49.9 Å². The van der Waals surface area contributed by atoms with Crippen molar-refractivity contribution in [2.24, 2.45) is 0 Å². The molecule has 0 saturated carbocycles. The Morgan fingerprint density at radius 2 is 2.12 bits per heavy atom. The van der Waals surface area contributed by atoms with Gasteiger partial charge in [0, 0.05) is 17.3 Å². The number of anilines is 3. The van der Waals surface area contributed by atoms with Gasteiger partial charge in [-0.05, 0) is 37.1 Å². The van der Waals surface area contributed by atoms with E-state index in [2.05, 4.69) is 25.2 Å². The molecule has 4 rings (SSSR count). The minimum absolute atomic E-state index is 0.109. The second kappa shape index (κ2) is 6.51. The lowest BCUT2D eigenvalue weighted by Gasteiger charge is -2.23. The van der Waals surface area contributed by atoms with Crippen LogP contribution in [0.2, 0.25) is 5.02 Å². The fraction of sp³-hybridized carbons (Fsp3) is 0.312. The quantitative estimate of drug-likeness (QED) is 0.741. The number of hydrogen-bond donors (Lipinski definition) is 2. The molecule has 1 aliphatic rings. The Labute approximate surface area is 148 Å². The van der Waals surface area contributed by atoms with Crippen LogP contribution in [-0.4, -0.2) is 39.3 Å². The molecular formula is C16H16ClN5OS. The number of rotatable bonds is 4. The Bertz CT molecular complexity index is 853. The Balaban J connectivity index is 1.68. The van der Waals surface area contributed by atoms with Gasteiger partial charge in [0.05, 0.1) is 12.6 Å². The number of benzene rings is 1. The van der Waals surface area contributed by atoms with Gasteiger partial charge in [-0.1, -0.05) is 22.9 Å². The van der Waals surface area contributed by atoms with Crippen LogP contribution in [0.3, 0.4) is 0 Å². The van der Waals surface area contributed by atoms with E-state index in [4.69, 9.17) is 11.6 Å². The number of nitrogens with one attached hydrogen (secondary N) is 1. The molecule has 0 radical (unpaired) electrons. The summed E-state index contributed by atoms with van der Waals surface area (Å²) in [6.45, 7) is 1.01. The molecule has 8 heteroatoms. The predicted octanol–water partition coefficient (Wildman–Crippen LogP) is 3.44. The highest BCUT2D eigenvalue weighted by Crippen LogP contribution is 2.34. The van der Waals surface area contributed by atoms with E-state index in [0.717, 1.165) is 46.4 Å².